The molecular formula is C26H23N3O5S. The van der Waals surface area contributed by atoms with E-state index in [4.69, 9.17) is 4.74 Å². The highest BCUT2D eigenvalue weighted by molar-refractivity contribution is 7.90. The molecule has 1 atom stereocenters. The molecular weight excluding hydrogens is 466 g/mol. The van der Waals surface area contributed by atoms with Crippen molar-refractivity contribution in [2.24, 2.45) is 4.99 Å². The van der Waals surface area contributed by atoms with Crippen molar-refractivity contribution in [1.82, 2.24) is 4.72 Å². The van der Waals surface area contributed by atoms with Gasteiger partial charge in [0.1, 0.15) is 11.9 Å². The molecule has 8 nitrogen and oxygen atoms in total. The van der Waals surface area contributed by atoms with E-state index in [0.717, 1.165) is 35.3 Å². The number of nitrogens with one attached hydrogen (secondary N) is 1. The maximum atomic E-state index is 13.3. The Bertz CT molecular complexity index is 1420. The van der Waals surface area contributed by atoms with E-state index in [1.165, 1.54) is 13.0 Å². The van der Waals surface area contributed by atoms with Gasteiger partial charge in [0.15, 0.2) is 6.61 Å². The SMILES string of the molecule is C[C@H](N=C1NS(=O)(=O)c2ccccc21)C(=O)OCC(=O)N1c2ccccc2CCc2ccccc21. The number of carbonyl (C=O) groups excluding carboxylic acids is 2. The molecule has 1 amide bonds. The molecule has 0 aromatic heterocycles. The summed E-state index contributed by atoms with van der Waals surface area (Å²) in [6.45, 7) is 1.02. The number of anilines is 2. The molecule has 0 saturated carbocycles. The van der Waals surface area contributed by atoms with Crippen molar-refractivity contribution in [2.75, 3.05) is 11.5 Å². The van der Waals surface area contributed by atoms with Crippen LogP contribution in [-0.4, -0.2) is 38.8 Å². The molecule has 5 rings (SSSR count). The Kier molecular flexibility index (Phi) is 5.86. The van der Waals surface area contributed by atoms with Gasteiger partial charge in [-0.15, -0.1) is 0 Å². The average Bonchev–Trinajstić information content (AvgIpc) is 3.01. The fourth-order valence-corrected chi connectivity index (χ4v) is 5.58. The largest absolute Gasteiger partial charge is 0.454 e. The number of hydrogen-bond acceptors (Lipinski definition) is 6. The highest BCUT2D eigenvalue weighted by atomic mass is 32.2. The fraction of sp³-hybridized carbons (Fsp3) is 0.192. The summed E-state index contributed by atoms with van der Waals surface area (Å²) >= 11 is 0. The number of amides is 1. The number of ether oxygens (including phenoxy) is 1. The molecule has 178 valence electrons. The molecule has 0 radical (unpaired) electrons. The molecule has 2 heterocycles. The number of fused-ring (bicyclic) bond motifs is 3. The van der Waals surface area contributed by atoms with Gasteiger partial charge in [0, 0.05) is 5.56 Å². The fourth-order valence-electron chi connectivity index (χ4n) is 4.34. The van der Waals surface area contributed by atoms with Crippen LogP contribution in [0, 0.1) is 0 Å². The van der Waals surface area contributed by atoms with Crippen molar-refractivity contribution in [1.29, 1.82) is 0 Å². The number of carbonyl (C=O) groups is 2. The van der Waals surface area contributed by atoms with Crippen LogP contribution in [0.4, 0.5) is 11.4 Å². The number of rotatable bonds is 4. The molecule has 9 heteroatoms. The van der Waals surface area contributed by atoms with Gasteiger partial charge in [-0.25, -0.2) is 13.2 Å². The molecule has 2 aliphatic rings. The number of para-hydroxylation sites is 2. The first kappa shape index (κ1) is 22.8. The third-order valence-electron chi connectivity index (χ3n) is 6.04. The Morgan fingerprint density at radius 2 is 1.51 bits per heavy atom. The molecule has 0 unspecified atom stereocenters. The lowest BCUT2D eigenvalue weighted by molar-refractivity contribution is -0.148. The summed E-state index contributed by atoms with van der Waals surface area (Å²) in [5.74, 6) is -1.04. The minimum atomic E-state index is -3.72. The number of hydrogen-bond donors (Lipinski definition) is 1. The number of amidine groups is 1. The molecule has 2 aliphatic heterocycles. The molecule has 35 heavy (non-hydrogen) atoms. The van der Waals surface area contributed by atoms with Gasteiger partial charge in [0.2, 0.25) is 0 Å². The molecule has 0 fully saturated rings. The van der Waals surface area contributed by atoms with Crippen LogP contribution in [0.5, 0.6) is 0 Å². The van der Waals surface area contributed by atoms with Gasteiger partial charge in [0.25, 0.3) is 15.9 Å². The van der Waals surface area contributed by atoms with Crippen LogP contribution in [0.3, 0.4) is 0 Å². The van der Waals surface area contributed by atoms with E-state index in [2.05, 4.69) is 9.71 Å². The van der Waals surface area contributed by atoms with Crippen LogP contribution in [0.2, 0.25) is 0 Å². The number of aryl methyl sites for hydroxylation is 2. The first-order valence-electron chi connectivity index (χ1n) is 11.2. The van der Waals surface area contributed by atoms with E-state index < -0.39 is 28.6 Å². The predicted molar refractivity (Wildman–Crippen MR) is 131 cm³/mol. The zero-order chi connectivity index (χ0) is 24.6. The first-order chi connectivity index (χ1) is 16.8. The summed E-state index contributed by atoms with van der Waals surface area (Å²) < 4.78 is 32.2. The van der Waals surface area contributed by atoms with Gasteiger partial charge in [-0.1, -0.05) is 48.5 Å². The van der Waals surface area contributed by atoms with E-state index in [9.17, 15) is 18.0 Å². The highest BCUT2D eigenvalue weighted by Crippen LogP contribution is 2.36. The van der Waals surface area contributed by atoms with E-state index in [-0.39, 0.29) is 16.6 Å². The third kappa shape index (κ3) is 4.30. The highest BCUT2D eigenvalue weighted by Gasteiger charge is 2.32. The molecule has 0 saturated heterocycles. The van der Waals surface area contributed by atoms with Crippen LogP contribution >= 0.6 is 0 Å². The minimum absolute atomic E-state index is 0.0757. The van der Waals surface area contributed by atoms with Gasteiger partial charge in [-0.3, -0.25) is 19.4 Å². The van der Waals surface area contributed by atoms with E-state index >= 15 is 0 Å². The lowest BCUT2D eigenvalue weighted by Gasteiger charge is -2.25. The quantitative estimate of drug-likeness (QED) is 0.567. The van der Waals surface area contributed by atoms with Crippen molar-refractivity contribution < 1.29 is 22.7 Å². The second-order valence-electron chi connectivity index (χ2n) is 8.35. The van der Waals surface area contributed by atoms with Crippen LogP contribution in [0.15, 0.2) is 82.7 Å². The Balaban J connectivity index is 1.34. The molecule has 0 aliphatic carbocycles. The summed E-state index contributed by atoms with van der Waals surface area (Å²) in [6, 6.07) is 20.7. The van der Waals surface area contributed by atoms with Gasteiger partial charge in [0.05, 0.1) is 16.3 Å². The first-order valence-corrected chi connectivity index (χ1v) is 12.7. The average molecular weight is 490 g/mol. The van der Waals surface area contributed by atoms with Gasteiger partial charge < -0.3 is 4.74 Å². The molecule has 0 bridgehead atoms. The van der Waals surface area contributed by atoms with Gasteiger partial charge in [-0.05, 0) is 55.2 Å². The van der Waals surface area contributed by atoms with Crippen molar-refractivity contribution >= 4 is 39.1 Å². The maximum absolute atomic E-state index is 13.3. The molecule has 3 aromatic carbocycles. The Labute approximate surface area is 203 Å². The Morgan fingerprint density at radius 3 is 2.17 bits per heavy atom. The van der Waals surface area contributed by atoms with Crippen LogP contribution < -0.4 is 9.62 Å². The van der Waals surface area contributed by atoms with Gasteiger partial charge in [-0.2, -0.15) is 0 Å². The number of benzene rings is 3. The van der Waals surface area contributed by atoms with Crippen molar-refractivity contribution in [3.05, 3.63) is 89.5 Å². The van der Waals surface area contributed by atoms with Crippen molar-refractivity contribution in [2.45, 2.75) is 30.7 Å². The Hall–Kier alpha value is -3.98. The van der Waals surface area contributed by atoms with Crippen LogP contribution in [0.1, 0.15) is 23.6 Å². The molecule has 1 N–H and O–H groups in total. The number of nitrogens with zero attached hydrogens (tertiary/aromatic N) is 2. The lowest BCUT2D eigenvalue weighted by Crippen LogP contribution is -2.33. The van der Waals surface area contributed by atoms with Gasteiger partial charge >= 0.3 is 5.97 Å². The normalized spacial score (nSPS) is 17.4. The zero-order valence-electron chi connectivity index (χ0n) is 19.0. The monoisotopic (exact) mass is 489 g/mol. The summed E-state index contributed by atoms with van der Waals surface area (Å²) in [4.78, 5) is 31.9. The number of esters is 1. The van der Waals surface area contributed by atoms with E-state index in [0.29, 0.717) is 5.56 Å². The minimum Gasteiger partial charge on any atom is -0.454 e. The number of aliphatic imine (C=N–C) groups is 1. The topological polar surface area (TPSA) is 105 Å². The summed E-state index contributed by atoms with van der Waals surface area (Å²) in [7, 11) is -3.72. The Morgan fingerprint density at radius 1 is 0.943 bits per heavy atom. The van der Waals surface area contributed by atoms with Crippen LogP contribution in [-0.2, 0) is 37.2 Å². The lowest BCUT2D eigenvalue weighted by atomic mass is 10.0. The summed E-state index contributed by atoms with van der Waals surface area (Å²) in [5.41, 5.74) is 4.00. The molecule has 0 spiro atoms. The van der Waals surface area contributed by atoms with Crippen molar-refractivity contribution in [3.63, 3.8) is 0 Å². The van der Waals surface area contributed by atoms with Crippen molar-refractivity contribution in [3.8, 4) is 0 Å². The third-order valence-corrected chi connectivity index (χ3v) is 7.44. The number of sulfonamides is 1. The predicted octanol–water partition coefficient (Wildman–Crippen LogP) is 3.12. The maximum Gasteiger partial charge on any atom is 0.331 e. The summed E-state index contributed by atoms with van der Waals surface area (Å²) in [5, 5.41) is 0. The van der Waals surface area contributed by atoms with E-state index in [1.807, 2.05) is 48.5 Å². The zero-order valence-corrected chi connectivity index (χ0v) is 19.8. The van der Waals surface area contributed by atoms with E-state index in [1.54, 1.807) is 23.1 Å². The molecule has 3 aromatic rings. The smallest absolute Gasteiger partial charge is 0.331 e. The standard InChI is InChI=1S/C26H23N3O5S/c1-17(27-25-20-10-4-7-13-23(20)35(32,33)28-25)26(31)34-16-24(30)29-21-11-5-2-8-18(21)14-15-19-9-3-6-12-22(19)29/h2-13,17H,14-16H2,1H3,(H,27,28)/t17-/m0/s1. The summed E-state index contributed by atoms with van der Waals surface area (Å²) in [6.07, 6.45) is 1.59. The van der Waals surface area contributed by atoms with Crippen LogP contribution in [0.25, 0.3) is 0 Å². The second-order valence-corrected chi connectivity index (χ2v) is 10.0. The second kappa shape index (κ2) is 8.99.